The summed E-state index contributed by atoms with van der Waals surface area (Å²) in [6.07, 6.45) is 3.49. The number of fused-ring (bicyclic) bond motifs is 2. The minimum absolute atomic E-state index is 0.00194. The quantitative estimate of drug-likeness (QED) is 0.923. The third-order valence-electron chi connectivity index (χ3n) is 4.63. The molecule has 0 saturated carbocycles. The molecule has 0 radical (unpaired) electrons. The molecule has 2 atom stereocenters. The summed E-state index contributed by atoms with van der Waals surface area (Å²) in [5.74, 6) is 0.838. The fraction of sp³-hybridized carbons (Fsp3) is 0.316. The van der Waals surface area contributed by atoms with Gasteiger partial charge in [-0.25, -0.2) is 0 Å². The summed E-state index contributed by atoms with van der Waals surface area (Å²) in [4.78, 5) is 12.6. The maximum atomic E-state index is 12.6. The van der Waals surface area contributed by atoms with Crippen molar-refractivity contribution in [2.75, 3.05) is 0 Å². The fourth-order valence-corrected chi connectivity index (χ4v) is 3.50. The van der Waals surface area contributed by atoms with Crippen molar-refractivity contribution >= 4 is 5.91 Å². The van der Waals surface area contributed by atoms with E-state index < -0.39 is 6.10 Å². The van der Waals surface area contributed by atoms with Crippen LogP contribution in [-0.4, -0.2) is 12.0 Å². The summed E-state index contributed by atoms with van der Waals surface area (Å²) in [6, 6.07) is 16.4. The predicted octanol–water partition coefficient (Wildman–Crippen LogP) is 3.18. The SMILES string of the molecule is O=C(NC1CCCc2ccccc21)C1Cc2ccccc2O1. The van der Waals surface area contributed by atoms with Gasteiger partial charge in [0.05, 0.1) is 6.04 Å². The summed E-state index contributed by atoms with van der Waals surface area (Å²) >= 11 is 0. The average molecular weight is 293 g/mol. The first-order valence-electron chi connectivity index (χ1n) is 7.94. The molecule has 2 unspecified atom stereocenters. The van der Waals surface area contributed by atoms with E-state index in [1.54, 1.807) is 0 Å². The minimum atomic E-state index is -0.397. The smallest absolute Gasteiger partial charge is 0.261 e. The molecule has 112 valence electrons. The van der Waals surface area contributed by atoms with Gasteiger partial charge in [0.15, 0.2) is 6.10 Å². The molecule has 0 bridgehead atoms. The van der Waals surface area contributed by atoms with Crippen molar-refractivity contribution in [2.24, 2.45) is 0 Å². The minimum Gasteiger partial charge on any atom is -0.480 e. The van der Waals surface area contributed by atoms with Gasteiger partial charge in [-0.15, -0.1) is 0 Å². The molecule has 0 fully saturated rings. The molecule has 1 amide bonds. The van der Waals surface area contributed by atoms with Gasteiger partial charge in [-0.3, -0.25) is 4.79 Å². The van der Waals surface area contributed by atoms with E-state index >= 15 is 0 Å². The van der Waals surface area contributed by atoms with Crippen LogP contribution in [0.25, 0.3) is 0 Å². The van der Waals surface area contributed by atoms with Crippen LogP contribution in [0.4, 0.5) is 0 Å². The van der Waals surface area contributed by atoms with E-state index in [-0.39, 0.29) is 11.9 Å². The largest absolute Gasteiger partial charge is 0.480 e. The summed E-state index contributed by atoms with van der Waals surface area (Å²) in [7, 11) is 0. The molecule has 1 N–H and O–H groups in total. The summed E-state index contributed by atoms with van der Waals surface area (Å²) in [5, 5.41) is 3.19. The Labute approximate surface area is 130 Å². The second-order valence-electron chi connectivity index (χ2n) is 6.07. The highest BCUT2D eigenvalue weighted by atomic mass is 16.5. The predicted molar refractivity (Wildman–Crippen MR) is 84.8 cm³/mol. The third-order valence-corrected chi connectivity index (χ3v) is 4.63. The molecule has 0 spiro atoms. The van der Waals surface area contributed by atoms with Crippen molar-refractivity contribution in [1.29, 1.82) is 0 Å². The van der Waals surface area contributed by atoms with Crippen LogP contribution in [0.1, 0.15) is 35.6 Å². The number of amides is 1. The molecule has 3 heteroatoms. The van der Waals surface area contributed by atoms with Gasteiger partial charge in [0, 0.05) is 6.42 Å². The van der Waals surface area contributed by atoms with E-state index in [0.29, 0.717) is 6.42 Å². The Kier molecular flexibility index (Phi) is 3.34. The third kappa shape index (κ3) is 2.37. The number of para-hydroxylation sites is 1. The molecule has 0 saturated heterocycles. The maximum Gasteiger partial charge on any atom is 0.261 e. The first-order valence-corrected chi connectivity index (χ1v) is 7.94. The van der Waals surface area contributed by atoms with Crippen LogP contribution in [0, 0.1) is 0 Å². The summed E-state index contributed by atoms with van der Waals surface area (Å²) < 4.78 is 5.79. The maximum absolute atomic E-state index is 12.6. The Balaban J connectivity index is 1.48. The second-order valence-corrected chi connectivity index (χ2v) is 6.07. The van der Waals surface area contributed by atoms with Crippen LogP contribution >= 0.6 is 0 Å². The molecule has 1 aliphatic carbocycles. The van der Waals surface area contributed by atoms with Crippen molar-refractivity contribution in [3.8, 4) is 5.75 Å². The summed E-state index contributed by atoms with van der Waals surface area (Å²) in [5.41, 5.74) is 3.74. The van der Waals surface area contributed by atoms with Crippen molar-refractivity contribution in [3.05, 3.63) is 65.2 Å². The summed E-state index contributed by atoms with van der Waals surface area (Å²) in [6.45, 7) is 0. The van der Waals surface area contributed by atoms with E-state index in [0.717, 1.165) is 30.6 Å². The van der Waals surface area contributed by atoms with Crippen molar-refractivity contribution < 1.29 is 9.53 Å². The van der Waals surface area contributed by atoms with Gasteiger partial charge in [0.2, 0.25) is 0 Å². The average Bonchev–Trinajstić information content (AvgIpc) is 2.99. The first-order chi connectivity index (χ1) is 10.8. The molecule has 3 nitrogen and oxygen atoms in total. The number of nitrogens with one attached hydrogen (secondary N) is 1. The number of aryl methyl sites for hydroxylation is 1. The number of ether oxygens (including phenoxy) is 1. The van der Waals surface area contributed by atoms with Gasteiger partial charge in [-0.2, -0.15) is 0 Å². The number of hydrogen-bond acceptors (Lipinski definition) is 2. The van der Waals surface area contributed by atoms with Crippen molar-refractivity contribution in [2.45, 2.75) is 37.8 Å². The Morgan fingerprint density at radius 2 is 1.82 bits per heavy atom. The lowest BCUT2D eigenvalue weighted by molar-refractivity contribution is -0.128. The standard InChI is InChI=1S/C19H19NO2/c21-19(18-12-14-7-2-4-11-17(14)22-18)20-16-10-5-8-13-6-1-3-9-15(13)16/h1-4,6-7,9,11,16,18H,5,8,10,12H2,(H,20,21). The molecule has 22 heavy (non-hydrogen) atoms. The van der Waals surface area contributed by atoms with Crippen molar-refractivity contribution in [1.82, 2.24) is 5.32 Å². The van der Waals surface area contributed by atoms with Crippen LogP contribution in [0.3, 0.4) is 0 Å². The topological polar surface area (TPSA) is 38.3 Å². The van der Waals surface area contributed by atoms with E-state index in [1.165, 1.54) is 11.1 Å². The monoisotopic (exact) mass is 293 g/mol. The Hall–Kier alpha value is -2.29. The zero-order chi connectivity index (χ0) is 14.9. The fourth-order valence-electron chi connectivity index (χ4n) is 3.50. The highest BCUT2D eigenvalue weighted by molar-refractivity contribution is 5.83. The van der Waals surface area contributed by atoms with E-state index in [4.69, 9.17) is 4.74 Å². The normalized spacial score (nSPS) is 22.4. The lowest BCUT2D eigenvalue weighted by Crippen LogP contribution is -2.40. The number of rotatable bonds is 2. The molecule has 4 rings (SSSR count). The van der Waals surface area contributed by atoms with E-state index in [1.807, 2.05) is 30.3 Å². The highest BCUT2D eigenvalue weighted by Crippen LogP contribution is 2.31. The molecule has 0 aromatic heterocycles. The Morgan fingerprint density at radius 3 is 2.68 bits per heavy atom. The van der Waals surface area contributed by atoms with Crippen LogP contribution in [0.2, 0.25) is 0 Å². The first kappa shape index (κ1) is 13.4. The molecule has 2 aromatic carbocycles. The van der Waals surface area contributed by atoms with Gasteiger partial charge in [0.25, 0.3) is 5.91 Å². The van der Waals surface area contributed by atoms with Gasteiger partial charge in [-0.05, 0) is 42.0 Å². The van der Waals surface area contributed by atoms with E-state index in [2.05, 4.69) is 23.5 Å². The molecule has 1 heterocycles. The molecule has 2 aliphatic rings. The number of carbonyl (C=O) groups excluding carboxylic acids is 1. The van der Waals surface area contributed by atoms with Gasteiger partial charge in [-0.1, -0.05) is 42.5 Å². The van der Waals surface area contributed by atoms with Crippen LogP contribution < -0.4 is 10.1 Å². The lowest BCUT2D eigenvalue weighted by atomic mass is 9.87. The van der Waals surface area contributed by atoms with Gasteiger partial charge >= 0.3 is 0 Å². The molecular weight excluding hydrogens is 274 g/mol. The number of carbonyl (C=O) groups is 1. The van der Waals surface area contributed by atoms with Crippen molar-refractivity contribution in [3.63, 3.8) is 0 Å². The van der Waals surface area contributed by atoms with Crippen LogP contribution in [-0.2, 0) is 17.6 Å². The Bertz CT molecular complexity index is 685. The van der Waals surface area contributed by atoms with Gasteiger partial charge < -0.3 is 10.1 Å². The zero-order valence-electron chi connectivity index (χ0n) is 12.4. The second kappa shape index (κ2) is 5.48. The lowest BCUT2D eigenvalue weighted by Gasteiger charge is -2.27. The van der Waals surface area contributed by atoms with Gasteiger partial charge in [0.1, 0.15) is 5.75 Å². The zero-order valence-corrected chi connectivity index (χ0v) is 12.4. The highest BCUT2D eigenvalue weighted by Gasteiger charge is 2.31. The van der Waals surface area contributed by atoms with Crippen LogP contribution in [0.15, 0.2) is 48.5 Å². The number of benzene rings is 2. The molecule has 2 aromatic rings. The molecular formula is C19H19NO2. The van der Waals surface area contributed by atoms with Crippen LogP contribution in [0.5, 0.6) is 5.75 Å². The molecule has 1 aliphatic heterocycles. The Morgan fingerprint density at radius 1 is 1.05 bits per heavy atom. The van der Waals surface area contributed by atoms with E-state index in [9.17, 15) is 4.79 Å². The number of hydrogen-bond donors (Lipinski definition) is 1.